The third-order valence-electron chi connectivity index (χ3n) is 6.98. The van der Waals surface area contributed by atoms with E-state index < -0.39 is 0 Å². The van der Waals surface area contributed by atoms with E-state index in [4.69, 9.17) is 0 Å². The van der Waals surface area contributed by atoms with Crippen LogP contribution in [0.1, 0.15) is 18.1 Å². The number of fused-ring (bicyclic) bond motifs is 12. The molecule has 0 atom stereocenters. The molecule has 6 aromatic rings. The molecule has 142 valence electrons. The number of aryl methyl sites for hydroxylation is 1. The minimum absolute atomic E-state index is 0.972. The summed E-state index contributed by atoms with van der Waals surface area (Å²) < 4.78 is 2.55. The molecule has 0 N–H and O–H groups in total. The van der Waals surface area contributed by atoms with Gasteiger partial charge in [-0.1, -0.05) is 78.9 Å². The van der Waals surface area contributed by atoms with Crippen molar-refractivity contribution in [1.29, 1.82) is 0 Å². The van der Waals surface area contributed by atoms with Crippen molar-refractivity contribution in [2.75, 3.05) is 0 Å². The van der Waals surface area contributed by atoms with Gasteiger partial charge < -0.3 is 4.57 Å². The molecular weight excluding hydrogens is 362 g/mol. The molecule has 0 spiro atoms. The van der Waals surface area contributed by atoms with E-state index in [9.17, 15) is 0 Å². The maximum Gasteiger partial charge on any atom is 0.0540 e. The predicted octanol–water partition coefficient (Wildman–Crippen LogP) is 7.69. The van der Waals surface area contributed by atoms with E-state index in [1.54, 1.807) is 0 Å². The standard InChI is InChI=1S/C29H21N/c1-2-30-25-16-15-18-9-3-5-11-20(18)27(25)28-23-14-8-7-13-22(23)26-21-12-6-4-10-19(21)17-24(26)29(28)30/h3-16H,2,17H2,1H3. The number of hydrogen-bond acceptors (Lipinski definition) is 0. The first kappa shape index (κ1) is 16.2. The molecule has 0 unspecified atom stereocenters. The van der Waals surface area contributed by atoms with E-state index in [-0.39, 0.29) is 0 Å². The van der Waals surface area contributed by atoms with E-state index in [0.717, 1.165) is 13.0 Å². The van der Waals surface area contributed by atoms with E-state index in [2.05, 4.69) is 96.4 Å². The molecule has 0 radical (unpaired) electrons. The van der Waals surface area contributed by atoms with Crippen LogP contribution in [-0.4, -0.2) is 4.57 Å². The van der Waals surface area contributed by atoms with Crippen LogP contribution in [0.25, 0.3) is 54.5 Å². The van der Waals surface area contributed by atoms with Gasteiger partial charge in [-0.3, -0.25) is 0 Å². The van der Waals surface area contributed by atoms with Crippen molar-refractivity contribution in [2.45, 2.75) is 19.9 Å². The van der Waals surface area contributed by atoms with Gasteiger partial charge in [0.25, 0.3) is 0 Å². The van der Waals surface area contributed by atoms with Crippen molar-refractivity contribution in [3.63, 3.8) is 0 Å². The minimum atomic E-state index is 0.972. The predicted molar refractivity (Wildman–Crippen MR) is 128 cm³/mol. The summed E-state index contributed by atoms with van der Waals surface area (Å²) >= 11 is 0. The maximum atomic E-state index is 2.55. The van der Waals surface area contributed by atoms with Gasteiger partial charge in [-0.25, -0.2) is 0 Å². The van der Waals surface area contributed by atoms with Gasteiger partial charge in [0.05, 0.1) is 5.52 Å². The second-order valence-electron chi connectivity index (χ2n) is 8.38. The number of rotatable bonds is 1. The third kappa shape index (κ3) is 1.88. The monoisotopic (exact) mass is 383 g/mol. The highest BCUT2D eigenvalue weighted by molar-refractivity contribution is 6.31. The molecule has 0 fully saturated rings. The Morgan fingerprint density at radius 3 is 2.30 bits per heavy atom. The zero-order valence-corrected chi connectivity index (χ0v) is 16.9. The van der Waals surface area contributed by atoms with E-state index >= 15 is 0 Å². The van der Waals surface area contributed by atoms with Crippen LogP contribution >= 0.6 is 0 Å². The first-order valence-corrected chi connectivity index (χ1v) is 10.8. The number of aromatic nitrogens is 1. The van der Waals surface area contributed by atoms with Crippen LogP contribution in [0, 0.1) is 0 Å². The summed E-state index contributed by atoms with van der Waals surface area (Å²) in [4.78, 5) is 0. The average Bonchev–Trinajstić information content (AvgIpc) is 3.35. The molecule has 0 amide bonds. The summed E-state index contributed by atoms with van der Waals surface area (Å²) in [6.45, 7) is 3.25. The summed E-state index contributed by atoms with van der Waals surface area (Å²) in [5.74, 6) is 0. The molecule has 1 aliphatic carbocycles. The topological polar surface area (TPSA) is 4.93 Å². The van der Waals surface area contributed by atoms with Gasteiger partial charge in [0.1, 0.15) is 0 Å². The normalized spacial score (nSPS) is 12.8. The molecule has 1 nitrogen and oxygen atoms in total. The fraction of sp³-hybridized carbons (Fsp3) is 0.103. The first-order valence-electron chi connectivity index (χ1n) is 10.8. The smallest absolute Gasteiger partial charge is 0.0540 e. The number of nitrogens with zero attached hydrogens (tertiary/aromatic N) is 1. The summed E-state index contributed by atoms with van der Waals surface area (Å²) in [5, 5.41) is 8.25. The highest BCUT2D eigenvalue weighted by atomic mass is 15.0. The SMILES string of the molecule is CCn1c2ccc3ccccc3c2c2c3ccccc3c3c(c21)Cc1ccccc1-3. The van der Waals surface area contributed by atoms with Gasteiger partial charge in [-0.15, -0.1) is 0 Å². The van der Waals surface area contributed by atoms with Crippen LogP contribution in [0.5, 0.6) is 0 Å². The molecule has 30 heavy (non-hydrogen) atoms. The minimum Gasteiger partial charge on any atom is -0.340 e. The Kier molecular flexibility index (Phi) is 3.10. The second kappa shape index (κ2) is 5.73. The molecule has 1 heterocycles. The van der Waals surface area contributed by atoms with E-state index in [1.165, 1.54) is 65.6 Å². The van der Waals surface area contributed by atoms with Crippen LogP contribution in [-0.2, 0) is 13.0 Å². The molecule has 0 saturated heterocycles. The van der Waals surface area contributed by atoms with Crippen LogP contribution < -0.4 is 0 Å². The van der Waals surface area contributed by atoms with Gasteiger partial charge in [0.2, 0.25) is 0 Å². The molecule has 5 aromatic carbocycles. The quantitative estimate of drug-likeness (QED) is 0.274. The Bertz CT molecular complexity index is 1650. The van der Waals surface area contributed by atoms with E-state index in [0.29, 0.717) is 0 Å². The maximum absolute atomic E-state index is 2.55. The van der Waals surface area contributed by atoms with Gasteiger partial charge in [-0.2, -0.15) is 0 Å². The number of benzene rings is 5. The van der Waals surface area contributed by atoms with Crippen LogP contribution in [0.3, 0.4) is 0 Å². The van der Waals surface area contributed by atoms with E-state index in [1.807, 2.05) is 0 Å². The summed E-state index contributed by atoms with van der Waals surface area (Å²) in [5.41, 5.74) is 8.56. The lowest BCUT2D eigenvalue weighted by atomic mass is 9.93. The Hall–Kier alpha value is -3.58. The molecule has 1 heteroatoms. The highest BCUT2D eigenvalue weighted by Crippen LogP contribution is 2.49. The first-order chi connectivity index (χ1) is 14.9. The Morgan fingerprint density at radius 2 is 1.43 bits per heavy atom. The fourth-order valence-corrected chi connectivity index (χ4v) is 5.81. The lowest BCUT2D eigenvalue weighted by molar-refractivity contribution is 0.824. The van der Waals surface area contributed by atoms with Crippen molar-refractivity contribution in [1.82, 2.24) is 4.57 Å². The van der Waals surface area contributed by atoms with Crippen molar-refractivity contribution in [3.05, 3.63) is 96.1 Å². The summed E-state index contributed by atoms with van der Waals surface area (Å²) in [7, 11) is 0. The Balaban J connectivity index is 1.83. The van der Waals surface area contributed by atoms with Crippen LogP contribution in [0.15, 0.2) is 84.9 Å². The molecule has 1 aromatic heterocycles. The fourth-order valence-electron chi connectivity index (χ4n) is 5.81. The van der Waals surface area contributed by atoms with Crippen molar-refractivity contribution in [2.24, 2.45) is 0 Å². The molecule has 7 rings (SSSR count). The molecule has 0 bridgehead atoms. The van der Waals surface area contributed by atoms with Crippen LogP contribution in [0.2, 0.25) is 0 Å². The van der Waals surface area contributed by atoms with Gasteiger partial charge in [-0.05, 0) is 56.8 Å². The zero-order chi connectivity index (χ0) is 19.8. The molecule has 0 aliphatic heterocycles. The second-order valence-corrected chi connectivity index (χ2v) is 8.38. The Labute approximate surface area is 175 Å². The zero-order valence-electron chi connectivity index (χ0n) is 16.9. The van der Waals surface area contributed by atoms with Crippen molar-refractivity contribution in [3.8, 4) is 11.1 Å². The molecular formula is C29H21N. The van der Waals surface area contributed by atoms with Crippen molar-refractivity contribution >= 4 is 43.4 Å². The summed E-state index contributed by atoms with van der Waals surface area (Å²) in [6.07, 6.45) is 1.01. The largest absolute Gasteiger partial charge is 0.340 e. The van der Waals surface area contributed by atoms with Gasteiger partial charge in [0, 0.05) is 29.3 Å². The van der Waals surface area contributed by atoms with Gasteiger partial charge in [0.15, 0.2) is 0 Å². The van der Waals surface area contributed by atoms with Crippen molar-refractivity contribution < 1.29 is 0 Å². The lowest BCUT2D eigenvalue weighted by Crippen LogP contribution is -1.97. The third-order valence-corrected chi connectivity index (χ3v) is 6.98. The molecule has 0 saturated carbocycles. The van der Waals surface area contributed by atoms with Crippen LogP contribution in [0.4, 0.5) is 0 Å². The lowest BCUT2D eigenvalue weighted by Gasteiger charge is -2.12. The highest BCUT2D eigenvalue weighted by Gasteiger charge is 2.27. The number of hydrogen-bond donors (Lipinski definition) is 0. The Morgan fingerprint density at radius 1 is 0.700 bits per heavy atom. The average molecular weight is 383 g/mol. The summed E-state index contributed by atoms with van der Waals surface area (Å²) in [6, 6.07) is 31.4. The molecule has 1 aliphatic rings. The van der Waals surface area contributed by atoms with Gasteiger partial charge >= 0.3 is 0 Å².